The molecule has 112 heavy (non-hydrogen) atoms. The van der Waals surface area contributed by atoms with Gasteiger partial charge in [-0.2, -0.15) is 0 Å². The van der Waals surface area contributed by atoms with E-state index < -0.39 is 0 Å². The number of fused-ring (bicyclic) bond motifs is 4. The molecular formula is C97H74N8O6Zn. The summed E-state index contributed by atoms with van der Waals surface area (Å²) in [5, 5.41) is 41.2. The topological polar surface area (TPSA) is 177 Å². The fourth-order valence-electron chi connectivity index (χ4n) is 13.2. The van der Waals surface area contributed by atoms with Crippen LogP contribution in [0.3, 0.4) is 0 Å². The van der Waals surface area contributed by atoms with Crippen LogP contribution in [0.2, 0.25) is 0 Å². The molecule has 15 aromatic carbocycles. The van der Waals surface area contributed by atoms with E-state index in [1.165, 1.54) is 43.8 Å². The number of para-hydroxylation sites is 8. The number of aromatic hydroxyl groups is 2. The average Bonchev–Trinajstić information content (AvgIpc) is 1.34. The number of aryl methyl sites for hydroxylation is 1. The monoisotopic (exact) mass is 1510 g/mol. The van der Waals surface area contributed by atoms with E-state index >= 15 is 0 Å². The Balaban J connectivity index is 0.000000130. The number of phenols is 2. The fraction of sp³-hybridized carbons (Fsp3) is 0.0515. The van der Waals surface area contributed by atoms with Gasteiger partial charge < -0.3 is 37.7 Å². The van der Waals surface area contributed by atoms with Gasteiger partial charge >= 0.3 is 0 Å². The van der Waals surface area contributed by atoms with Crippen LogP contribution in [0.1, 0.15) is 31.9 Å². The van der Waals surface area contributed by atoms with Crippen molar-refractivity contribution in [3.8, 4) is 91.4 Å². The summed E-state index contributed by atoms with van der Waals surface area (Å²) >= 11 is 0. The van der Waals surface area contributed by atoms with Gasteiger partial charge in [-0.3, -0.25) is 0 Å². The van der Waals surface area contributed by atoms with Crippen molar-refractivity contribution >= 4 is 77.9 Å². The zero-order valence-electron chi connectivity index (χ0n) is 62.0. The summed E-state index contributed by atoms with van der Waals surface area (Å²) in [7, 11) is 0. The molecule has 19 rings (SSSR count). The Morgan fingerprint density at radius 1 is 0.286 bits per heavy atom. The quantitative estimate of drug-likeness (QED) is 0.104. The maximum atomic E-state index is 9.69. The first-order valence-corrected chi connectivity index (χ1v) is 36.5. The minimum Gasteiger partial charge on any atom is -0.507 e. The molecule has 19 aromatic rings. The van der Waals surface area contributed by atoms with Crippen LogP contribution < -0.4 is 9.80 Å². The van der Waals surface area contributed by atoms with E-state index in [0.717, 1.165) is 78.6 Å². The van der Waals surface area contributed by atoms with E-state index in [-0.39, 0.29) is 36.4 Å². The van der Waals surface area contributed by atoms with Gasteiger partial charge in [-0.15, -0.1) is 20.4 Å². The van der Waals surface area contributed by atoms with Gasteiger partial charge in [0, 0.05) is 75.3 Å². The standard InChI is InChI=1S/C44H32N2.C27H24N4O2.2C13H9NO2.Zn/c1-3-17-37(18-4-1)45(43-23-11-15-35-13-7-9-21-41(35)43)39-29-25-33(26-30-39)34-27-31-40(32-28-34)46(38-19-5-2-6-20-38)44-24-12-16-36-14-8-10-22-42(36)44;1-17-8-10-18(11-9-17)23-28-30-25(32-23)20-6-5-7-21(16-20)26-31-29-24(33-26)19-12-14-22(15-13-19)27(2,3)4;2*15-11-7-3-1-5-9(11)13-14-10-6-2-4-8-12(10)16-13;/h1-32H;5-16H,1-4H3;2*1-8,15H;. The molecule has 0 aliphatic heterocycles. The summed E-state index contributed by atoms with van der Waals surface area (Å²) < 4.78 is 23.0. The molecule has 15 heteroatoms. The Labute approximate surface area is 660 Å². The van der Waals surface area contributed by atoms with E-state index in [0.29, 0.717) is 46.5 Å². The average molecular weight is 1510 g/mol. The van der Waals surface area contributed by atoms with Crippen molar-refractivity contribution in [2.75, 3.05) is 9.80 Å². The molecule has 0 amide bonds. The van der Waals surface area contributed by atoms with Crippen LogP contribution >= 0.6 is 0 Å². The molecule has 0 fully saturated rings. The summed E-state index contributed by atoms with van der Waals surface area (Å²) in [6.45, 7) is 8.60. The van der Waals surface area contributed by atoms with E-state index in [1.807, 2.05) is 128 Å². The Morgan fingerprint density at radius 2 is 0.625 bits per heavy atom. The minimum atomic E-state index is 0. The maximum absolute atomic E-state index is 9.69. The Kier molecular flexibility index (Phi) is 21.7. The molecular weight excluding hydrogens is 1440 g/mol. The Hall–Kier alpha value is -14.1. The van der Waals surface area contributed by atoms with Gasteiger partial charge in [0.05, 0.1) is 22.5 Å². The van der Waals surface area contributed by atoms with Crippen LogP contribution in [0.15, 0.2) is 382 Å². The normalized spacial score (nSPS) is 11.0. The molecule has 0 radical (unpaired) electrons. The number of phenolic OH excluding ortho intramolecular Hbond substituents is 2. The number of hydrogen-bond donors (Lipinski definition) is 2. The number of rotatable bonds is 13. The van der Waals surface area contributed by atoms with Crippen LogP contribution in [0, 0.1) is 6.92 Å². The van der Waals surface area contributed by atoms with E-state index in [9.17, 15) is 10.2 Å². The van der Waals surface area contributed by atoms with Crippen molar-refractivity contribution in [2.45, 2.75) is 33.1 Å². The third kappa shape index (κ3) is 16.3. The molecule has 4 aromatic heterocycles. The van der Waals surface area contributed by atoms with Gasteiger partial charge in [0.2, 0.25) is 35.3 Å². The summed E-state index contributed by atoms with van der Waals surface area (Å²) in [5.41, 5.74) is 19.3. The van der Waals surface area contributed by atoms with Crippen molar-refractivity contribution in [1.29, 1.82) is 0 Å². The largest absolute Gasteiger partial charge is 0.507 e. The number of anilines is 6. The summed E-state index contributed by atoms with van der Waals surface area (Å²) in [4.78, 5) is 13.3. The Morgan fingerprint density at radius 3 is 1.04 bits per heavy atom. The van der Waals surface area contributed by atoms with Crippen LogP contribution in [-0.4, -0.2) is 40.6 Å². The molecule has 0 unspecified atom stereocenters. The number of benzene rings is 15. The molecule has 2 N–H and O–H groups in total. The maximum Gasteiger partial charge on any atom is 0.248 e. The zero-order chi connectivity index (χ0) is 75.6. The first-order valence-electron chi connectivity index (χ1n) is 36.5. The molecule has 0 spiro atoms. The van der Waals surface area contributed by atoms with Crippen molar-refractivity contribution in [2.24, 2.45) is 0 Å². The number of oxazole rings is 2. The second-order valence-electron chi connectivity index (χ2n) is 27.5. The van der Waals surface area contributed by atoms with Crippen LogP contribution in [0.25, 0.3) is 124 Å². The van der Waals surface area contributed by atoms with Gasteiger partial charge in [0.15, 0.2) is 11.2 Å². The summed E-state index contributed by atoms with van der Waals surface area (Å²) in [6, 6.07) is 122. The van der Waals surface area contributed by atoms with Gasteiger partial charge in [-0.1, -0.05) is 239 Å². The molecule has 0 aliphatic rings. The molecule has 0 aliphatic carbocycles. The minimum absolute atomic E-state index is 0. The van der Waals surface area contributed by atoms with Crippen LogP contribution in [0.5, 0.6) is 11.5 Å². The van der Waals surface area contributed by atoms with Gasteiger partial charge in [-0.05, 0) is 191 Å². The van der Waals surface area contributed by atoms with E-state index in [4.69, 9.17) is 17.7 Å². The van der Waals surface area contributed by atoms with Crippen molar-refractivity contribution in [3.63, 3.8) is 0 Å². The molecule has 0 saturated heterocycles. The molecule has 14 nitrogen and oxygen atoms in total. The van der Waals surface area contributed by atoms with Crippen molar-refractivity contribution < 1.29 is 47.4 Å². The predicted octanol–water partition coefficient (Wildman–Crippen LogP) is 25.7. The van der Waals surface area contributed by atoms with Gasteiger partial charge in [0.25, 0.3) is 0 Å². The third-order valence-corrected chi connectivity index (χ3v) is 19.0. The van der Waals surface area contributed by atoms with E-state index in [1.54, 1.807) is 36.4 Å². The second-order valence-corrected chi connectivity index (χ2v) is 27.5. The van der Waals surface area contributed by atoms with Crippen molar-refractivity contribution in [1.82, 2.24) is 30.4 Å². The van der Waals surface area contributed by atoms with Gasteiger partial charge in [-0.25, -0.2) is 9.97 Å². The molecule has 540 valence electrons. The summed E-state index contributed by atoms with van der Waals surface area (Å²) in [6.07, 6.45) is 0. The first kappa shape index (κ1) is 73.4. The number of aromatic nitrogens is 6. The molecule has 0 atom stereocenters. The smallest absolute Gasteiger partial charge is 0.248 e. The molecule has 0 saturated carbocycles. The van der Waals surface area contributed by atoms with Crippen molar-refractivity contribution in [3.05, 3.63) is 375 Å². The fourth-order valence-corrected chi connectivity index (χ4v) is 13.2. The van der Waals surface area contributed by atoms with Gasteiger partial charge in [0.1, 0.15) is 22.5 Å². The van der Waals surface area contributed by atoms with Crippen LogP contribution in [0.4, 0.5) is 34.1 Å². The summed E-state index contributed by atoms with van der Waals surface area (Å²) in [5.74, 6) is 3.07. The molecule has 0 bridgehead atoms. The Bertz CT molecular complexity index is 6020. The number of hydrogen-bond acceptors (Lipinski definition) is 14. The number of nitrogens with zero attached hydrogens (tertiary/aromatic N) is 8. The SMILES string of the molecule is Cc1ccc(-c2nnc(-c3cccc(-c4nnc(-c5ccc(C(C)(C)C)cc5)o4)c3)o2)cc1.Oc1ccccc1-c1nc2ccccc2o1.Oc1ccccc1-c1nc2ccccc2o1.[Zn].c1ccc(N(c2ccc(-c3ccc(N(c4ccccc4)c4cccc5ccccc45)cc3)cc2)c2cccc3ccccc23)cc1. The third-order valence-electron chi connectivity index (χ3n) is 19.0. The van der Waals surface area contributed by atoms with Crippen LogP contribution in [-0.2, 0) is 24.9 Å². The van der Waals surface area contributed by atoms with E-state index in [2.05, 4.69) is 267 Å². The molecule has 4 heterocycles. The predicted molar refractivity (Wildman–Crippen MR) is 446 cm³/mol. The zero-order valence-corrected chi connectivity index (χ0v) is 64.9. The first-order chi connectivity index (χ1) is 54.4. The second kappa shape index (κ2) is 33.2.